The molecule has 0 aromatic heterocycles. The number of phenols is 1. The molecule has 94 heavy (non-hydrogen) atoms. The number of ether oxygens (including phenoxy) is 6. The van der Waals surface area contributed by atoms with Crippen LogP contribution in [-0.2, 0) is 49.8 Å². The van der Waals surface area contributed by atoms with Crippen molar-refractivity contribution in [1.82, 2.24) is 9.80 Å². The smallest absolute Gasteiger partial charge is 0.238 e. The Balaban J connectivity index is 0.565. The maximum absolute atomic E-state index is 15.4. The topological polar surface area (TPSA) is 211 Å². The van der Waals surface area contributed by atoms with Crippen molar-refractivity contribution in [3.8, 4) is 23.0 Å². The minimum Gasteiger partial charge on any atom is -0.508 e. The molecular weight excluding hydrogens is 1190 g/mol. The number of aliphatic hydroxyl groups is 3. The van der Waals surface area contributed by atoms with E-state index in [1.54, 1.807) is 12.1 Å². The van der Waals surface area contributed by atoms with E-state index >= 15 is 9.59 Å². The second-order valence-electron chi connectivity index (χ2n) is 26.9. The molecule has 2 fully saturated rings. The molecule has 0 saturated carbocycles. The molecule has 4 bridgehead atoms. The van der Waals surface area contributed by atoms with Crippen LogP contribution in [0, 0.1) is 30.6 Å². The number of carbonyl (C=O) groups excluding carboxylic acids is 4. The van der Waals surface area contributed by atoms with E-state index in [-0.39, 0.29) is 57.6 Å². The van der Waals surface area contributed by atoms with Crippen LogP contribution in [0.15, 0.2) is 188 Å². The van der Waals surface area contributed by atoms with Gasteiger partial charge in [-0.05, 0) is 122 Å². The lowest BCUT2D eigenvalue weighted by atomic mass is 9.52. The quantitative estimate of drug-likeness (QED) is 0.0252. The minimum absolute atomic E-state index is 0.00939. The van der Waals surface area contributed by atoms with E-state index in [1.807, 2.05) is 152 Å². The zero-order valence-electron chi connectivity index (χ0n) is 53.1. The summed E-state index contributed by atoms with van der Waals surface area (Å²) < 4.78 is 35.9. The standard InChI is InChI=1S/C78H76N2O14/c1-45-18-20-46(21-19-45)76(2,3)47-22-29-54(30-23-47)91-39-51(82)37-89-44-90-38-52(83)40-92-55-31-24-48(25-32-55)77(4,5)49-26-33-56(34-27-49)93-41-53(84)42-94-78-63-16-10-8-14-60(63)67(61-15-9-11-17-64(61)78)70-71(78)75(88)80(74(70)87)43-79-72(85)68-65-57-12-6-7-13-58(57)66(69(68)73(79)86)62-36-50(81)28-35-59(62)65/h6-36,51-53,65-71,81-84H,37-44H2,1-5H3. The van der Waals surface area contributed by atoms with Gasteiger partial charge in [-0.25, -0.2) is 0 Å². The second-order valence-corrected chi connectivity index (χ2v) is 26.9. The van der Waals surface area contributed by atoms with E-state index in [0.29, 0.717) is 28.4 Å². The number of hydrogen-bond acceptors (Lipinski definition) is 14. The predicted molar refractivity (Wildman–Crippen MR) is 348 cm³/mol. The van der Waals surface area contributed by atoms with Gasteiger partial charge in [-0.15, -0.1) is 0 Å². The Kier molecular flexibility index (Phi) is 16.4. The Morgan fingerprint density at radius 3 is 1.27 bits per heavy atom. The molecule has 2 aliphatic heterocycles. The lowest BCUT2D eigenvalue weighted by molar-refractivity contribution is -0.154. The van der Waals surface area contributed by atoms with Crippen LogP contribution in [0.5, 0.6) is 23.0 Å². The third-order valence-electron chi connectivity index (χ3n) is 20.6. The number of imide groups is 2. The van der Waals surface area contributed by atoms with E-state index in [0.717, 1.165) is 59.9 Å². The fourth-order valence-corrected chi connectivity index (χ4v) is 15.8. The summed E-state index contributed by atoms with van der Waals surface area (Å²) in [5.74, 6) is -5.21. The third-order valence-corrected chi connectivity index (χ3v) is 20.6. The lowest BCUT2D eigenvalue weighted by Crippen LogP contribution is -2.55. The molecular formula is C78H76N2O14. The summed E-state index contributed by atoms with van der Waals surface area (Å²) in [6, 6.07) is 59.9. The van der Waals surface area contributed by atoms with Crippen molar-refractivity contribution in [2.45, 2.75) is 87.1 Å². The van der Waals surface area contributed by atoms with Crippen LogP contribution in [0.2, 0.25) is 0 Å². The van der Waals surface area contributed by atoms with Crippen LogP contribution >= 0.6 is 0 Å². The van der Waals surface area contributed by atoms with Crippen LogP contribution in [0.4, 0.5) is 0 Å². The summed E-state index contributed by atoms with van der Waals surface area (Å²) in [7, 11) is 0. The summed E-state index contributed by atoms with van der Waals surface area (Å²) in [6.45, 7) is 9.55. The number of hydrogen-bond donors (Lipinski definition) is 4. The first kappa shape index (κ1) is 62.4. The Labute approximate surface area is 546 Å². The van der Waals surface area contributed by atoms with Crippen LogP contribution in [0.3, 0.4) is 0 Å². The van der Waals surface area contributed by atoms with E-state index < -0.39 is 101 Å². The van der Waals surface area contributed by atoms with Crippen molar-refractivity contribution >= 4 is 23.6 Å². The molecule has 9 unspecified atom stereocenters. The van der Waals surface area contributed by atoms with Gasteiger partial charge in [0.15, 0.2) is 0 Å². The van der Waals surface area contributed by atoms with Crippen molar-refractivity contribution in [1.29, 1.82) is 0 Å². The average molecular weight is 1270 g/mol. The van der Waals surface area contributed by atoms with E-state index in [2.05, 4.69) is 58.9 Å². The van der Waals surface area contributed by atoms with Crippen LogP contribution in [0.25, 0.3) is 0 Å². The minimum atomic E-state index is -1.53. The molecule has 2 heterocycles. The molecule has 4 amide bonds. The molecule has 4 N–H and O–H groups in total. The van der Waals surface area contributed by atoms with Crippen molar-refractivity contribution < 1.29 is 68.0 Å². The SMILES string of the molecule is Cc1ccc(C(C)(C)c2ccc(OCC(O)COCOCC(O)COc3ccc(C(C)(C)c4ccc(OCC(O)COC56c7ccccc7C(c7ccccc75)C5C(=O)N(CN7C(=O)C8C9c%10ccccc%10C(c%10cc(O)ccc%109)C8C7=O)C(=O)C56)cc4)cc3)cc2)cc1. The highest BCUT2D eigenvalue weighted by Gasteiger charge is 2.70. The summed E-state index contributed by atoms with van der Waals surface area (Å²) in [4.78, 5) is 62.4. The molecule has 8 aliphatic rings. The normalized spacial score (nSPS) is 23.0. The third kappa shape index (κ3) is 10.7. The summed E-state index contributed by atoms with van der Waals surface area (Å²) in [6.07, 6.45) is -2.99. The Hall–Kier alpha value is -9.00. The number of phenolic OH excluding ortho intramolecular Hbond substituents is 1. The van der Waals surface area contributed by atoms with Crippen molar-refractivity contribution in [3.63, 3.8) is 0 Å². The molecule has 482 valence electrons. The Morgan fingerprint density at radius 1 is 0.426 bits per heavy atom. The maximum atomic E-state index is 15.4. The van der Waals surface area contributed by atoms with Gasteiger partial charge in [0, 0.05) is 28.6 Å². The number of aromatic hydroxyl groups is 1. The monoisotopic (exact) mass is 1260 g/mol. The highest BCUT2D eigenvalue weighted by Crippen LogP contribution is 2.66. The molecule has 2 saturated heterocycles. The Bertz CT molecular complexity index is 4140. The molecule has 8 aromatic rings. The first-order chi connectivity index (χ1) is 45.3. The average Bonchev–Trinajstić information content (AvgIpc) is 1.36. The Morgan fingerprint density at radius 2 is 0.798 bits per heavy atom. The largest absolute Gasteiger partial charge is 0.508 e. The summed E-state index contributed by atoms with van der Waals surface area (Å²) in [5.41, 5.74) is 10.1. The van der Waals surface area contributed by atoms with Gasteiger partial charge < -0.3 is 48.8 Å². The molecule has 0 radical (unpaired) electrons. The van der Waals surface area contributed by atoms with Crippen molar-refractivity contribution in [2.75, 3.05) is 53.1 Å². The predicted octanol–water partition coefficient (Wildman–Crippen LogP) is 10.1. The molecule has 6 aliphatic carbocycles. The van der Waals surface area contributed by atoms with Gasteiger partial charge in [-0.3, -0.25) is 29.0 Å². The van der Waals surface area contributed by atoms with E-state index in [4.69, 9.17) is 28.4 Å². The first-order valence-electron chi connectivity index (χ1n) is 32.3. The zero-order chi connectivity index (χ0) is 65.4. The number of likely N-dealkylation sites (tertiary alicyclic amines) is 2. The first-order valence-corrected chi connectivity index (χ1v) is 32.3. The van der Waals surface area contributed by atoms with Crippen molar-refractivity contribution in [2.24, 2.45) is 23.7 Å². The number of aliphatic hydroxyl groups excluding tert-OH is 3. The van der Waals surface area contributed by atoms with Gasteiger partial charge in [0.05, 0.1) is 43.5 Å². The van der Waals surface area contributed by atoms with E-state index in [9.17, 15) is 30.0 Å². The number of nitrogens with zero attached hydrogens (tertiary/aromatic N) is 2. The second kappa shape index (κ2) is 24.7. The summed E-state index contributed by atoms with van der Waals surface area (Å²) in [5, 5.41) is 43.4. The van der Waals surface area contributed by atoms with Crippen molar-refractivity contribution in [3.05, 3.63) is 260 Å². The highest BCUT2D eigenvalue weighted by molar-refractivity contribution is 6.11. The summed E-state index contributed by atoms with van der Waals surface area (Å²) >= 11 is 0. The highest BCUT2D eigenvalue weighted by atomic mass is 16.7. The number of amides is 4. The van der Waals surface area contributed by atoms with Gasteiger partial charge in [0.2, 0.25) is 23.6 Å². The van der Waals surface area contributed by atoms with Crippen LogP contribution in [0.1, 0.15) is 118 Å². The van der Waals surface area contributed by atoms with Crippen LogP contribution in [-0.4, -0.2) is 125 Å². The molecule has 8 aromatic carbocycles. The van der Waals surface area contributed by atoms with Gasteiger partial charge in [0.1, 0.15) is 80.2 Å². The molecule has 9 atom stereocenters. The number of aryl methyl sites for hydroxylation is 1. The van der Waals surface area contributed by atoms with Gasteiger partial charge in [0.25, 0.3) is 0 Å². The number of benzene rings is 8. The fourth-order valence-electron chi connectivity index (χ4n) is 15.8. The maximum Gasteiger partial charge on any atom is 0.238 e. The van der Waals surface area contributed by atoms with Gasteiger partial charge in [-0.1, -0.05) is 173 Å². The van der Waals surface area contributed by atoms with Gasteiger partial charge >= 0.3 is 0 Å². The van der Waals surface area contributed by atoms with E-state index in [1.165, 1.54) is 11.1 Å². The lowest BCUT2D eigenvalue weighted by Gasteiger charge is -2.53. The van der Waals surface area contributed by atoms with Crippen LogP contribution < -0.4 is 14.2 Å². The molecule has 0 spiro atoms. The van der Waals surface area contributed by atoms with Gasteiger partial charge in [-0.2, -0.15) is 0 Å². The zero-order valence-corrected chi connectivity index (χ0v) is 53.1. The number of carbonyl (C=O) groups is 4. The fraction of sp³-hybridized carbons (Fsp3) is 0.333. The molecule has 16 heteroatoms. The molecule has 16 nitrogen and oxygen atoms in total. The number of rotatable bonds is 24. The molecule has 16 rings (SSSR count).